The van der Waals surface area contributed by atoms with E-state index >= 15 is 0 Å². The van der Waals surface area contributed by atoms with E-state index < -0.39 is 0 Å². The summed E-state index contributed by atoms with van der Waals surface area (Å²) in [5, 5.41) is 4.86. The molecule has 7 heteroatoms. The Morgan fingerprint density at radius 2 is 1.59 bits per heavy atom. The third-order valence-corrected chi connectivity index (χ3v) is 6.37. The summed E-state index contributed by atoms with van der Waals surface area (Å²) in [5.74, 6) is 1.04. The van der Waals surface area contributed by atoms with Crippen molar-refractivity contribution < 1.29 is 19.1 Å². The van der Waals surface area contributed by atoms with Crippen LogP contribution in [-0.2, 0) is 4.79 Å². The maximum absolute atomic E-state index is 13.6. The van der Waals surface area contributed by atoms with Crippen LogP contribution in [0, 0.1) is 0 Å². The highest BCUT2D eigenvalue weighted by Crippen LogP contribution is 2.30. The first-order valence-electron chi connectivity index (χ1n) is 11.7. The molecule has 1 aliphatic heterocycles. The number of ether oxygens (including phenoxy) is 2. The van der Waals surface area contributed by atoms with Crippen molar-refractivity contribution in [1.82, 2.24) is 10.2 Å². The molecular formula is C27H29N3O4. The minimum Gasteiger partial charge on any atom is -0.495 e. The monoisotopic (exact) mass is 459 g/mol. The number of rotatable bonds is 7. The Balaban J connectivity index is 1.33. The number of benzene rings is 3. The number of carbonyl (C=O) groups is 2. The first-order valence-corrected chi connectivity index (χ1v) is 11.7. The van der Waals surface area contributed by atoms with Gasteiger partial charge in [0.1, 0.15) is 11.5 Å². The zero-order valence-electron chi connectivity index (χ0n) is 19.3. The van der Waals surface area contributed by atoms with Crippen LogP contribution in [0.2, 0.25) is 0 Å². The summed E-state index contributed by atoms with van der Waals surface area (Å²) in [4.78, 5) is 29.8. The fourth-order valence-electron chi connectivity index (χ4n) is 4.36. The van der Waals surface area contributed by atoms with E-state index in [9.17, 15) is 9.59 Å². The highest BCUT2D eigenvalue weighted by atomic mass is 16.5. The van der Waals surface area contributed by atoms with Crippen LogP contribution in [0.3, 0.4) is 0 Å². The van der Waals surface area contributed by atoms with Crippen molar-refractivity contribution in [1.29, 1.82) is 0 Å². The van der Waals surface area contributed by atoms with Crippen molar-refractivity contribution in [3.63, 3.8) is 0 Å². The van der Waals surface area contributed by atoms with E-state index in [1.54, 1.807) is 7.11 Å². The standard InChI is InChI=1S/C27H29N3O4/c1-33-24-9-5-4-8-23(24)29-12-14-30(15-13-29)27(32)22-16-19-6-2-3-7-20(19)17-25(22)34-18-26(31)28-21-10-11-21/h2-9,16-17,21H,10-15,18H2,1H3,(H,28,31). The number of nitrogens with one attached hydrogen (secondary N) is 1. The lowest BCUT2D eigenvalue weighted by Crippen LogP contribution is -2.49. The molecule has 1 saturated heterocycles. The number of anilines is 1. The molecule has 5 rings (SSSR count). The van der Waals surface area contributed by atoms with Crippen molar-refractivity contribution in [3.05, 3.63) is 66.2 Å². The number of fused-ring (bicyclic) bond motifs is 1. The summed E-state index contributed by atoms with van der Waals surface area (Å²) in [6.45, 7) is 2.49. The highest BCUT2D eigenvalue weighted by Gasteiger charge is 2.27. The lowest BCUT2D eigenvalue weighted by atomic mass is 10.0. The fraction of sp³-hybridized carbons (Fsp3) is 0.333. The van der Waals surface area contributed by atoms with Crippen LogP contribution in [0.15, 0.2) is 60.7 Å². The number of nitrogens with zero attached hydrogens (tertiary/aromatic N) is 2. The topological polar surface area (TPSA) is 71.1 Å². The second-order valence-corrected chi connectivity index (χ2v) is 8.78. The van der Waals surface area contributed by atoms with Crippen LogP contribution in [-0.4, -0.2) is 62.7 Å². The number of para-hydroxylation sites is 2. The van der Waals surface area contributed by atoms with Crippen molar-refractivity contribution in [2.45, 2.75) is 18.9 Å². The van der Waals surface area contributed by atoms with Crippen LogP contribution in [0.4, 0.5) is 5.69 Å². The molecule has 0 atom stereocenters. The van der Waals surface area contributed by atoms with Gasteiger partial charge in [0.05, 0.1) is 18.4 Å². The molecule has 0 bridgehead atoms. The fourth-order valence-corrected chi connectivity index (χ4v) is 4.36. The summed E-state index contributed by atoms with van der Waals surface area (Å²) in [5.41, 5.74) is 1.53. The summed E-state index contributed by atoms with van der Waals surface area (Å²) in [7, 11) is 1.67. The predicted molar refractivity (Wildman–Crippen MR) is 132 cm³/mol. The number of amides is 2. The Hall–Kier alpha value is -3.74. The third-order valence-electron chi connectivity index (χ3n) is 6.37. The third kappa shape index (κ3) is 4.78. The molecule has 34 heavy (non-hydrogen) atoms. The molecule has 1 heterocycles. The number of hydrogen-bond donors (Lipinski definition) is 1. The quantitative estimate of drug-likeness (QED) is 0.586. The number of methoxy groups -OCH3 is 1. The molecular weight excluding hydrogens is 430 g/mol. The predicted octanol–water partition coefficient (Wildman–Crippen LogP) is 3.47. The number of carbonyl (C=O) groups excluding carboxylic acids is 2. The molecule has 0 unspecified atom stereocenters. The van der Waals surface area contributed by atoms with E-state index in [2.05, 4.69) is 10.2 Å². The van der Waals surface area contributed by atoms with Crippen LogP contribution >= 0.6 is 0 Å². The lowest BCUT2D eigenvalue weighted by Gasteiger charge is -2.36. The molecule has 2 aliphatic rings. The molecule has 3 aromatic rings. The van der Waals surface area contributed by atoms with Gasteiger partial charge in [-0.1, -0.05) is 36.4 Å². The molecule has 2 amide bonds. The van der Waals surface area contributed by atoms with Gasteiger partial charge in [-0.25, -0.2) is 0 Å². The SMILES string of the molecule is COc1ccccc1N1CCN(C(=O)c2cc3ccccc3cc2OCC(=O)NC2CC2)CC1. The van der Waals surface area contributed by atoms with E-state index in [0.29, 0.717) is 37.5 Å². The van der Waals surface area contributed by atoms with Crippen molar-refractivity contribution in [3.8, 4) is 11.5 Å². The molecule has 0 aromatic heterocycles. The van der Waals surface area contributed by atoms with Crippen LogP contribution < -0.4 is 19.7 Å². The van der Waals surface area contributed by atoms with Gasteiger partial charge in [-0.3, -0.25) is 9.59 Å². The van der Waals surface area contributed by atoms with E-state index in [1.807, 2.05) is 65.6 Å². The van der Waals surface area contributed by atoms with E-state index in [0.717, 1.165) is 35.1 Å². The molecule has 2 fully saturated rings. The number of piperazine rings is 1. The zero-order valence-corrected chi connectivity index (χ0v) is 19.3. The van der Waals surface area contributed by atoms with Gasteiger partial charge < -0.3 is 24.6 Å². The van der Waals surface area contributed by atoms with Gasteiger partial charge in [0.15, 0.2) is 6.61 Å². The Bertz CT molecular complexity index is 1200. The van der Waals surface area contributed by atoms with E-state index in [4.69, 9.17) is 9.47 Å². The van der Waals surface area contributed by atoms with Crippen molar-refractivity contribution in [2.75, 3.05) is 44.8 Å². The Labute approximate surface area is 199 Å². The Morgan fingerprint density at radius 1 is 0.912 bits per heavy atom. The van der Waals surface area contributed by atoms with E-state index in [-0.39, 0.29) is 24.5 Å². The summed E-state index contributed by atoms with van der Waals surface area (Å²) < 4.78 is 11.4. The smallest absolute Gasteiger partial charge is 0.258 e. The van der Waals surface area contributed by atoms with Crippen molar-refractivity contribution in [2.24, 2.45) is 0 Å². The molecule has 0 radical (unpaired) electrons. The van der Waals surface area contributed by atoms with Gasteiger partial charge in [0.25, 0.3) is 11.8 Å². The van der Waals surface area contributed by atoms with Crippen LogP contribution in [0.5, 0.6) is 11.5 Å². The first-order chi connectivity index (χ1) is 16.6. The Morgan fingerprint density at radius 3 is 2.29 bits per heavy atom. The Kier molecular flexibility index (Phi) is 6.25. The minimum atomic E-state index is -0.153. The maximum atomic E-state index is 13.6. The van der Waals surface area contributed by atoms with Gasteiger partial charge in [0, 0.05) is 32.2 Å². The van der Waals surface area contributed by atoms with Gasteiger partial charge in [-0.2, -0.15) is 0 Å². The van der Waals surface area contributed by atoms with Crippen LogP contribution in [0.1, 0.15) is 23.2 Å². The molecule has 1 saturated carbocycles. The molecule has 0 spiro atoms. The average molecular weight is 460 g/mol. The summed E-state index contributed by atoms with van der Waals surface area (Å²) in [6, 6.07) is 19.8. The summed E-state index contributed by atoms with van der Waals surface area (Å²) >= 11 is 0. The lowest BCUT2D eigenvalue weighted by molar-refractivity contribution is -0.123. The summed E-state index contributed by atoms with van der Waals surface area (Å²) in [6.07, 6.45) is 2.04. The second kappa shape index (κ2) is 9.63. The molecule has 1 N–H and O–H groups in total. The normalized spacial score (nSPS) is 15.8. The first kappa shape index (κ1) is 22.1. The van der Waals surface area contributed by atoms with Crippen LogP contribution in [0.25, 0.3) is 10.8 Å². The van der Waals surface area contributed by atoms with Gasteiger partial charge in [-0.05, 0) is 47.9 Å². The molecule has 3 aromatic carbocycles. The molecule has 7 nitrogen and oxygen atoms in total. The second-order valence-electron chi connectivity index (χ2n) is 8.78. The molecule has 1 aliphatic carbocycles. The number of hydrogen-bond acceptors (Lipinski definition) is 5. The largest absolute Gasteiger partial charge is 0.495 e. The molecule has 176 valence electrons. The van der Waals surface area contributed by atoms with Crippen molar-refractivity contribution >= 4 is 28.3 Å². The maximum Gasteiger partial charge on any atom is 0.258 e. The average Bonchev–Trinajstić information content (AvgIpc) is 3.70. The minimum absolute atomic E-state index is 0.0805. The highest BCUT2D eigenvalue weighted by molar-refractivity contribution is 6.02. The van der Waals surface area contributed by atoms with Gasteiger partial charge in [0.2, 0.25) is 0 Å². The van der Waals surface area contributed by atoms with E-state index in [1.165, 1.54) is 0 Å². The van der Waals surface area contributed by atoms with Gasteiger partial charge in [-0.15, -0.1) is 0 Å². The zero-order chi connectivity index (χ0) is 23.5. The van der Waals surface area contributed by atoms with Gasteiger partial charge >= 0.3 is 0 Å².